The number of hydrogen-bond donors (Lipinski definition) is 1. The van der Waals surface area contributed by atoms with Crippen LogP contribution in [0.5, 0.6) is 0 Å². The van der Waals surface area contributed by atoms with E-state index in [9.17, 15) is 4.79 Å². The van der Waals surface area contributed by atoms with Gasteiger partial charge in [-0.25, -0.2) is 0 Å². The van der Waals surface area contributed by atoms with Gasteiger partial charge in [-0.05, 0) is 28.3 Å². The Bertz CT molecular complexity index is 794. The molecule has 0 spiro atoms. The zero-order valence-electron chi connectivity index (χ0n) is 12.8. The Morgan fingerprint density at radius 1 is 0.913 bits per heavy atom. The summed E-state index contributed by atoms with van der Waals surface area (Å²) in [6.45, 7) is 0.239. The molecule has 3 nitrogen and oxygen atoms in total. The largest absolute Gasteiger partial charge is 0.460 e. The molecule has 1 atom stereocenters. The lowest BCUT2D eigenvalue weighted by molar-refractivity contribution is -0.146. The van der Waals surface area contributed by atoms with Crippen molar-refractivity contribution in [2.24, 2.45) is 5.73 Å². The van der Waals surface area contributed by atoms with Crippen LogP contribution in [0.25, 0.3) is 10.8 Å². The molecule has 23 heavy (non-hydrogen) atoms. The van der Waals surface area contributed by atoms with Gasteiger partial charge in [0.15, 0.2) is 0 Å². The maximum absolute atomic E-state index is 12.1. The van der Waals surface area contributed by atoms with Gasteiger partial charge in [0.1, 0.15) is 12.6 Å². The molecule has 0 saturated carbocycles. The Morgan fingerprint density at radius 2 is 1.61 bits per heavy atom. The lowest BCUT2D eigenvalue weighted by Gasteiger charge is -2.12. The fraction of sp³-hybridized carbons (Fsp3) is 0.150. The molecule has 3 aromatic rings. The van der Waals surface area contributed by atoms with Gasteiger partial charge in [-0.3, -0.25) is 4.79 Å². The molecule has 3 heteroatoms. The minimum atomic E-state index is -0.646. The Hall–Kier alpha value is -2.65. The van der Waals surface area contributed by atoms with Crippen molar-refractivity contribution >= 4 is 16.7 Å². The van der Waals surface area contributed by atoms with Gasteiger partial charge < -0.3 is 10.5 Å². The molecule has 0 aliphatic heterocycles. The van der Waals surface area contributed by atoms with Crippen LogP contribution < -0.4 is 5.73 Å². The van der Waals surface area contributed by atoms with Gasteiger partial charge in [-0.2, -0.15) is 0 Å². The van der Waals surface area contributed by atoms with Crippen molar-refractivity contribution in [3.05, 3.63) is 83.9 Å². The molecule has 3 aromatic carbocycles. The van der Waals surface area contributed by atoms with Gasteiger partial charge in [0.2, 0.25) is 0 Å². The molecular formula is C20H19NO2. The second kappa shape index (κ2) is 7.07. The first kappa shape index (κ1) is 15.3. The molecule has 0 saturated heterocycles. The van der Waals surface area contributed by atoms with E-state index in [0.717, 1.165) is 21.9 Å². The Labute approximate surface area is 135 Å². The summed E-state index contributed by atoms with van der Waals surface area (Å²) in [5.74, 6) is -0.373. The van der Waals surface area contributed by atoms with Crippen molar-refractivity contribution in [1.29, 1.82) is 0 Å². The average Bonchev–Trinajstić information content (AvgIpc) is 2.60. The fourth-order valence-corrected chi connectivity index (χ4v) is 2.63. The van der Waals surface area contributed by atoms with Crippen LogP contribution in [0.4, 0.5) is 0 Å². The van der Waals surface area contributed by atoms with E-state index in [1.165, 1.54) is 0 Å². The molecule has 0 bridgehead atoms. The van der Waals surface area contributed by atoms with E-state index < -0.39 is 6.04 Å². The van der Waals surface area contributed by atoms with Gasteiger partial charge in [0.05, 0.1) is 0 Å². The monoisotopic (exact) mass is 305 g/mol. The molecule has 0 unspecified atom stereocenters. The summed E-state index contributed by atoms with van der Waals surface area (Å²) in [7, 11) is 0. The van der Waals surface area contributed by atoms with Crippen molar-refractivity contribution in [3.63, 3.8) is 0 Å². The van der Waals surface area contributed by atoms with Gasteiger partial charge in [0, 0.05) is 0 Å². The smallest absolute Gasteiger partial charge is 0.323 e. The molecule has 0 aromatic heterocycles. The topological polar surface area (TPSA) is 52.3 Å². The van der Waals surface area contributed by atoms with E-state index in [4.69, 9.17) is 10.5 Å². The zero-order valence-corrected chi connectivity index (χ0v) is 12.8. The van der Waals surface area contributed by atoms with E-state index in [1.54, 1.807) is 0 Å². The molecule has 0 amide bonds. The van der Waals surface area contributed by atoms with E-state index in [1.807, 2.05) is 72.8 Å². The molecule has 0 radical (unpaired) electrons. The predicted molar refractivity (Wildman–Crippen MR) is 91.9 cm³/mol. The standard InChI is InChI=1S/C20H19NO2/c21-19(13-15-7-2-1-3-8-15)20(22)23-14-17-11-6-10-16-9-4-5-12-18(16)17/h1-12,19H,13-14,21H2/t19-/m0/s1. The Morgan fingerprint density at radius 3 is 2.43 bits per heavy atom. The number of carbonyl (C=O) groups excluding carboxylic acids is 1. The first-order valence-corrected chi connectivity index (χ1v) is 7.67. The average molecular weight is 305 g/mol. The van der Waals surface area contributed by atoms with Crippen LogP contribution in [-0.2, 0) is 22.6 Å². The minimum Gasteiger partial charge on any atom is -0.460 e. The highest BCUT2D eigenvalue weighted by Crippen LogP contribution is 2.19. The van der Waals surface area contributed by atoms with Crippen molar-refractivity contribution in [2.45, 2.75) is 19.1 Å². The second-order valence-electron chi connectivity index (χ2n) is 5.54. The highest BCUT2D eigenvalue weighted by Gasteiger charge is 2.16. The van der Waals surface area contributed by atoms with E-state index in [2.05, 4.69) is 0 Å². The summed E-state index contributed by atoms with van der Waals surface area (Å²) >= 11 is 0. The number of esters is 1. The van der Waals surface area contributed by atoms with Crippen molar-refractivity contribution in [2.75, 3.05) is 0 Å². The fourth-order valence-electron chi connectivity index (χ4n) is 2.63. The first-order chi connectivity index (χ1) is 11.2. The molecule has 116 valence electrons. The summed E-state index contributed by atoms with van der Waals surface area (Å²) < 4.78 is 5.41. The van der Waals surface area contributed by atoms with Crippen molar-refractivity contribution in [1.82, 2.24) is 0 Å². The van der Waals surface area contributed by atoms with Gasteiger partial charge in [-0.15, -0.1) is 0 Å². The maximum atomic E-state index is 12.1. The second-order valence-corrected chi connectivity index (χ2v) is 5.54. The molecule has 0 aliphatic rings. The molecule has 0 heterocycles. The molecular weight excluding hydrogens is 286 g/mol. The Kier molecular flexibility index (Phi) is 4.69. The van der Waals surface area contributed by atoms with Gasteiger partial charge in [0.25, 0.3) is 0 Å². The number of fused-ring (bicyclic) bond motifs is 1. The van der Waals surface area contributed by atoms with Gasteiger partial charge >= 0.3 is 5.97 Å². The number of hydrogen-bond acceptors (Lipinski definition) is 3. The summed E-state index contributed by atoms with van der Waals surface area (Å²) in [5, 5.41) is 2.23. The van der Waals surface area contributed by atoms with Crippen LogP contribution in [0.15, 0.2) is 72.8 Å². The molecule has 0 aliphatic carbocycles. The van der Waals surface area contributed by atoms with Crippen LogP contribution >= 0.6 is 0 Å². The van der Waals surface area contributed by atoms with Crippen LogP contribution in [-0.4, -0.2) is 12.0 Å². The lowest BCUT2D eigenvalue weighted by atomic mass is 10.1. The van der Waals surface area contributed by atoms with Crippen LogP contribution in [0.2, 0.25) is 0 Å². The van der Waals surface area contributed by atoms with Crippen LogP contribution in [0.1, 0.15) is 11.1 Å². The highest BCUT2D eigenvalue weighted by atomic mass is 16.5. The number of nitrogens with two attached hydrogens (primary N) is 1. The summed E-state index contributed by atoms with van der Waals surface area (Å²) in [5.41, 5.74) is 7.97. The number of benzene rings is 3. The number of carbonyl (C=O) groups is 1. The third-order valence-corrected chi connectivity index (χ3v) is 3.85. The quantitative estimate of drug-likeness (QED) is 0.735. The van der Waals surface area contributed by atoms with E-state index in [-0.39, 0.29) is 12.6 Å². The van der Waals surface area contributed by atoms with E-state index in [0.29, 0.717) is 6.42 Å². The van der Waals surface area contributed by atoms with Crippen LogP contribution in [0.3, 0.4) is 0 Å². The highest BCUT2D eigenvalue weighted by molar-refractivity contribution is 5.85. The van der Waals surface area contributed by atoms with E-state index >= 15 is 0 Å². The van der Waals surface area contributed by atoms with Crippen molar-refractivity contribution in [3.8, 4) is 0 Å². The van der Waals surface area contributed by atoms with Gasteiger partial charge in [-0.1, -0.05) is 72.8 Å². The molecule has 2 N–H and O–H groups in total. The summed E-state index contributed by atoms with van der Waals surface area (Å²) in [4.78, 5) is 12.1. The zero-order chi connectivity index (χ0) is 16.1. The minimum absolute atomic E-state index is 0.239. The molecule has 3 rings (SSSR count). The lowest BCUT2D eigenvalue weighted by Crippen LogP contribution is -2.34. The summed E-state index contributed by atoms with van der Waals surface area (Å²) in [6, 6.07) is 23.1. The Balaban J connectivity index is 1.64. The SMILES string of the molecule is N[C@@H](Cc1ccccc1)C(=O)OCc1cccc2ccccc12. The van der Waals surface area contributed by atoms with Crippen LogP contribution in [0, 0.1) is 0 Å². The third kappa shape index (κ3) is 3.76. The maximum Gasteiger partial charge on any atom is 0.323 e. The normalized spacial score (nSPS) is 12.0. The summed E-state index contributed by atoms with van der Waals surface area (Å²) in [6.07, 6.45) is 0.481. The first-order valence-electron chi connectivity index (χ1n) is 7.67. The predicted octanol–water partition coefficient (Wildman–Crippen LogP) is 3.45. The number of ether oxygens (including phenoxy) is 1. The van der Waals surface area contributed by atoms with Crippen molar-refractivity contribution < 1.29 is 9.53 Å². The third-order valence-electron chi connectivity index (χ3n) is 3.85. The number of rotatable bonds is 5. The molecule has 0 fully saturated rings.